The van der Waals surface area contributed by atoms with Gasteiger partial charge >= 0.3 is 0 Å². The number of phenols is 2. The Balaban J connectivity index is 1.88. The van der Waals surface area contributed by atoms with Crippen LogP contribution in [-0.4, -0.2) is 35.4 Å². The Morgan fingerprint density at radius 1 is 0.600 bits per heavy atom. The van der Waals surface area contributed by atoms with Crippen LogP contribution in [0.15, 0.2) is 24.3 Å². The molecule has 0 fully saturated rings. The molecule has 1 heterocycles. The minimum absolute atomic E-state index is 0.00452. The van der Waals surface area contributed by atoms with Crippen LogP contribution >= 0.6 is 0 Å². The summed E-state index contributed by atoms with van der Waals surface area (Å²) in [5.41, 5.74) is 6.37. The van der Waals surface area contributed by atoms with E-state index in [1.165, 1.54) is 11.1 Å². The Bertz CT molecular complexity index is 1010. The largest absolute Gasteiger partial charge is 0.507 e. The number of nitrogens with one attached hydrogen (secondary N) is 4. The van der Waals surface area contributed by atoms with E-state index in [1.54, 1.807) is 0 Å². The van der Waals surface area contributed by atoms with Gasteiger partial charge in [-0.25, -0.2) is 0 Å². The number of phenolic OH excluding ortho intramolecular Hbond substituents is 2. The van der Waals surface area contributed by atoms with Crippen LogP contribution in [0.5, 0.6) is 11.5 Å². The van der Waals surface area contributed by atoms with Gasteiger partial charge in [-0.1, -0.05) is 79.7 Å². The normalized spacial score (nSPS) is 20.7. The van der Waals surface area contributed by atoms with Crippen molar-refractivity contribution >= 4 is 0 Å². The Hall–Kier alpha value is -2.12. The molecule has 40 heavy (non-hydrogen) atoms. The molecule has 0 saturated carbocycles. The van der Waals surface area contributed by atoms with Crippen LogP contribution < -0.4 is 21.3 Å². The smallest absolute Gasteiger partial charge is 0.124 e. The van der Waals surface area contributed by atoms with E-state index in [1.807, 2.05) is 0 Å². The summed E-state index contributed by atoms with van der Waals surface area (Å²) in [6.45, 7) is 22.0. The van der Waals surface area contributed by atoms with Crippen molar-refractivity contribution in [1.82, 2.24) is 21.3 Å². The number of aromatic hydroxyl groups is 2. The highest BCUT2D eigenvalue weighted by Crippen LogP contribution is 2.33. The van der Waals surface area contributed by atoms with Gasteiger partial charge < -0.3 is 31.5 Å². The maximum Gasteiger partial charge on any atom is 0.124 e. The lowest BCUT2D eigenvalue weighted by atomic mass is 9.84. The summed E-state index contributed by atoms with van der Waals surface area (Å²) in [6.07, 6.45) is 3.96. The molecule has 1 aliphatic heterocycles. The van der Waals surface area contributed by atoms with E-state index >= 15 is 0 Å². The predicted octanol–water partition coefficient (Wildman–Crippen LogP) is 6.10. The first-order chi connectivity index (χ1) is 18.8. The monoisotopic (exact) mass is 552 g/mol. The molecule has 0 aromatic heterocycles. The van der Waals surface area contributed by atoms with Gasteiger partial charge in [-0.2, -0.15) is 0 Å². The lowest BCUT2D eigenvalue weighted by molar-refractivity contribution is 0.417. The molecule has 2 unspecified atom stereocenters. The van der Waals surface area contributed by atoms with E-state index in [0.29, 0.717) is 49.8 Å². The first-order valence-electron chi connectivity index (χ1n) is 15.4. The zero-order valence-electron chi connectivity index (χ0n) is 26.4. The Labute approximate surface area is 243 Å². The van der Waals surface area contributed by atoms with Crippen molar-refractivity contribution in [2.75, 3.05) is 13.1 Å². The minimum Gasteiger partial charge on any atom is -0.507 e. The molecule has 0 saturated heterocycles. The van der Waals surface area contributed by atoms with Crippen molar-refractivity contribution in [3.05, 3.63) is 57.6 Å². The highest BCUT2D eigenvalue weighted by Gasteiger charge is 2.21. The average Bonchev–Trinajstić information content (AvgIpc) is 2.88. The van der Waals surface area contributed by atoms with Crippen molar-refractivity contribution in [2.45, 2.75) is 130 Å². The van der Waals surface area contributed by atoms with Gasteiger partial charge in [0, 0.05) is 60.5 Å². The molecule has 6 nitrogen and oxygen atoms in total. The molecule has 2 aromatic carbocycles. The minimum atomic E-state index is 0.00452. The van der Waals surface area contributed by atoms with Crippen molar-refractivity contribution in [1.29, 1.82) is 0 Å². The maximum atomic E-state index is 11.2. The highest BCUT2D eigenvalue weighted by atomic mass is 16.3. The van der Waals surface area contributed by atoms with E-state index in [9.17, 15) is 10.2 Å². The first kappa shape index (κ1) is 32.4. The number of rotatable bonds is 2. The summed E-state index contributed by atoms with van der Waals surface area (Å²) >= 11 is 0. The summed E-state index contributed by atoms with van der Waals surface area (Å²) < 4.78 is 0. The quantitative estimate of drug-likeness (QED) is 0.270. The van der Waals surface area contributed by atoms with Gasteiger partial charge in [0.05, 0.1) is 0 Å². The van der Waals surface area contributed by atoms with Crippen molar-refractivity contribution in [3.8, 4) is 11.5 Å². The Morgan fingerprint density at radius 2 is 0.925 bits per heavy atom. The van der Waals surface area contributed by atoms with Crippen molar-refractivity contribution in [2.24, 2.45) is 0 Å². The number of fused-ring (bicyclic) bond motifs is 4. The SMILES string of the molecule is CCC1CCNCc2cc(C(C)(C)C)cc(c2O)CNC(CC)CCNCc2cc(C(C)(C)C)cc(c2O)CN1. The summed E-state index contributed by atoms with van der Waals surface area (Å²) in [5, 5.41) is 37.0. The maximum absolute atomic E-state index is 11.2. The van der Waals surface area contributed by atoms with E-state index < -0.39 is 0 Å². The van der Waals surface area contributed by atoms with Crippen molar-refractivity contribution in [3.63, 3.8) is 0 Å². The predicted molar refractivity (Wildman–Crippen MR) is 168 cm³/mol. The third-order valence-corrected chi connectivity index (χ3v) is 8.39. The Morgan fingerprint density at radius 3 is 1.23 bits per heavy atom. The van der Waals surface area contributed by atoms with Gasteiger partial charge in [-0.15, -0.1) is 0 Å². The molecule has 0 radical (unpaired) electrons. The first-order valence-corrected chi connectivity index (χ1v) is 15.4. The third-order valence-electron chi connectivity index (χ3n) is 8.39. The molecule has 6 N–H and O–H groups in total. The van der Waals surface area contributed by atoms with Gasteiger partial charge in [0.15, 0.2) is 0 Å². The summed E-state index contributed by atoms with van der Waals surface area (Å²) in [5.74, 6) is 0.813. The lowest BCUT2D eigenvalue weighted by Gasteiger charge is -2.25. The van der Waals surface area contributed by atoms with Crippen LogP contribution in [0.1, 0.15) is 114 Å². The second-order valence-electron chi connectivity index (χ2n) is 13.7. The van der Waals surface area contributed by atoms with Gasteiger partial charge in [0.1, 0.15) is 11.5 Å². The second kappa shape index (κ2) is 14.2. The average molecular weight is 553 g/mol. The molecular formula is C34H56N4O2. The Kier molecular flexibility index (Phi) is 11.5. The van der Waals surface area contributed by atoms with E-state index in [2.05, 4.69) is 101 Å². The van der Waals surface area contributed by atoms with E-state index in [4.69, 9.17) is 0 Å². The summed E-state index contributed by atoms with van der Waals surface area (Å²) in [4.78, 5) is 0. The standard InChI is InChI=1S/C34H56N4O2/c1-9-29-11-13-35-19-23-15-28(34(6,7)8)18-26(32(23)40)22-38-30(10-2)12-14-36-20-24-16-27(33(3,4)5)17-25(21-37-29)31(24)39/h15-18,29-30,35-40H,9-14,19-22H2,1-8H3. The third kappa shape index (κ3) is 8.94. The van der Waals surface area contributed by atoms with E-state index in [-0.39, 0.29) is 10.8 Å². The molecule has 6 heteroatoms. The highest BCUT2D eigenvalue weighted by molar-refractivity contribution is 5.47. The number of benzene rings is 2. The molecule has 4 bridgehead atoms. The van der Waals surface area contributed by atoms with Crippen LogP contribution in [0.3, 0.4) is 0 Å². The molecular weight excluding hydrogens is 496 g/mol. The van der Waals surface area contributed by atoms with Gasteiger partial charge in [-0.05, 0) is 60.7 Å². The van der Waals surface area contributed by atoms with Crippen LogP contribution in [0.2, 0.25) is 0 Å². The molecule has 224 valence electrons. The fraction of sp³-hybridized carbons (Fsp3) is 0.647. The molecule has 1 aliphatic rings. The number of hydrogen-bond acceptors (Lipinski definition) is 6. The van der Waals surface area contributed by atoms with Crippen LogP contribution in [0, 0.1) is 0 Å². The van der Waals surface area contributed by atoms with Gasteiger partial charge in [-0.3, -0.25) is 0 Å². The zero-order valence-corrected chi connectivity index (χ0v) is 26.4. The van der Waals surface area contributed by atoms with Crippen LogP contribution in [0.4, 0.5) is 0 Å². The van der Waals surface area contributed by atoms with E-state index in [0.717, 1.165) is 61.0 Å². The summed E-state index contributed by atoms with van der Waals surface area (Å²) in [7, 11) is 0. The molecule has 2 atom stereocenters. The summed E-state index contributed by atoms with van der Waals surface area (Å²) in [6, 6.07) is 9.33. The second-order valence-corrected chi connectivity index (χ2v) is 13.7. The van der Waals surface area contributed by atoms with Crippen LogP contribution in [-0.2, 0) is 37.0 Å². The van der Waals surface area contributed by atoms with Gasteiger partial charge in [0.2, 0.25) is 0 Å². The van der Waals surface area contributed by atoms with Gasteiger partial charge in [0.25, 0.3) is 0 Å². The lowest BCUT2D eigenvalue weighted by Crippen LogP contribution is -2.33. The van der Waals surface area contributed by atoms with Crippen LogP contribution in [0.25, 0.3) is 0 Å². The number of hydrogen-bond donors (Lipinski definition) is 6. The molecule has 0 amide bonds. The molecule has 0 spiro atoms. The topological polar surface area (TPSA) is 88.6 Å². The molecule has 2 aromatic rings. The molecule has 0 aliphatic carbocycles. The molecule has 3 rings (SSSR count). The fourth-order valence-electron chi connectivity index (χ4n) is 5.33. The van der Waals surface area contributed by atoms with Crippen molar-refractivity contribution < 1.29 is 10.2 Å². The zero-order chi connectivity index (χ0) is 29.5. The fourth-order valence-corrected chi connectivity index (χ4v) is 5.33.